The van der Waals surface area contributed by atoms with E-state index in [1.807, 2.05) is 45.5 Å². The van der Waals surface area contributed by atoms with Gasteiger partial charge in [0.05, 0.1) is 6.33 Å². The van der Waals surface area contributed by atoms with E-state index < -0.39 is 0 Å². The minimum absolute atomic E-state index is 0.108. The Labute approximate surface area is 364 Å². The molecule has 0 bridgehead atoms. The Bertz CT molecular complexity index is 2990. The molecule has 0 aliphatic carbocycles. The van der Waals surface area contributed by atoms with Crippen LogP contribution in [0.3, 0.4) is 0 Å². The number of ether oxygens (including phenoxy) is 4. The summed E-state index contributed by atoms with van der Waals surface area (Å²) in [5.41, 5.74) is 9.65. The summed E-state index contributed by atoms with van der Waals surface area (Å²) in [5, 5.41) is 9.41. The number of rotatable bonds is 10. The number of anilines is 1. The summed E-state index contributed by atoms with van der Waals surface area (Å²) in [4.78, 5) is 26.8. The van der Waals surface area contributed by atoms with Crippen molar-refractivity contribution in [1.82, 2.24) is 39.0 Å². The van der Waals surface area contributed by atoms with Gasteiger partial charge in [-0.05, 0) is 92.2 Å². The molecule has 20 heteroatoms. The van der Waals surface area contributed by atoms with Crippen molar-refractivity contribution in [2.24, 2.45) is 0 Å². The van der Waals surface area contributed by atoms with Crippen molar-refractivity contribution in [1.29, 1.82) is 5.41 Å². The van der Waals surface area contributed by atoms with E-state index in [9.17, 15) is 8.78 Å². The fourth-order valence-corrected chi connectivity index (χ4v) is 9.31. The normalized spacial score (nSPS) is 12.6. The molecular weight excluding hydrogens is 946 g/mol. The number of hydrogen-bond donors (Lipinski definition) is 3. The first-order chi connectivity index (χ1) is 29.2. The van der Waals surface area contributed by atoms with Crippen molar-refractivity contribution in [3.63, 3.8) is 0 Å². The third-order valence-electron chi connectivity index (χ3n) is 9.43. The van der Waals surface area contributed by atoms with Crippen LogP contribution in [0.25, 0.3) is 22.3 Å². The minimum Gasteiger partial charge on any atom is -0.454 e. The minimum atomic E-state index is -0.233. The van der Waals surface area contributed by atoms with E-state index in [1.165, 1.54) is 42.0 Å². The van der Waals surface area contributed by atoms with Gasteiger partial charge in [-0.25, -0.2) is 33.7 Å². The predicted octanol–water partition coefficient (Wildman–Crippen LogP) is 8.70. The monoisotopic (exact) mass is 974 g/mol. The molecule has 0 saturated heterocycles. The smallest absolute Gasteiger partial charge is 0.231 e. The van der Waals surface area contributed by atoms with Crippen LogP contribution < -0.4 is 30.2 Å². The molecule has 4 N–H and O–H groups in total. The summed E-state index contributed by atoms with van der Waals surface area (Å²) < 4.78 is 55.3. The van der Waals surface area contributed by atoms with Crippen molar-refractivity contribution in [2.45, 2.75) is 46.0 Å². The Balaban J connectivity index is 0.000000154. The van der Waals surface area contributed by atoms with Crippen LogP contribution >= 0.6 is 55.4 Å². The maximum Gasteiger partial charge on any atom is 0.231 e. The summed E-state index contributed by atoms with van der Waals surface area (Å²) in [5.74, 6) is 2.58. The first-order valence-electron chi connectivity index (χ1n) is 18.2. The van der Waals surface area contributed by atoms with Crippen LogP contribution in [0.2, 0.25) is 0 Å². The molecule has 0 unspecified atom stereocenters. The van der Waals surface area contributed by atoms with Crippen LogP contribution in [0.5, 0.6) is 23.0 Å². The molecule has 60 heavy (non-hydrogen) atoms. The highest BCUT2D eigenvalue weighted by molar-refractivity contribution is 9.10. The van der Waals surface area contributed by atoms with Gasteiger partial charge >= 0.3 is 0 Å². The van der Waals surface area contributed by atoms with Gasteiger partial charge in [-0.15, -0.1) is 0 Å². The van der Waals surface area contributed by atoms with Crippen molar-refractivity contribution < 1.29 is 27.7 Å². The zero-order chi connectivity index (χ0) is 41.3. The molecule has 6 heterocycles. The molecule has 0 radical (unpaired) electrons. The summed E-state index contributed by atoms with van der Waals surface area (Å²) in [6, 6.07) is 21.0. The van der Waals surface area contributed by atoms with E-state index in [-0.39, 0.29) is 30.7 Å². The van der Waals surface area contributed by atoms with Crippen molar-refractivity contribution >= 4 is 83.5 Å². The maximum absolute atomic E-state index is 14.1. The van der Waals surface area contributed by atoms with Gasteiger partial charge < -0.3 is 38.8 Å². The summed E-state index contributed by atoms with van der Waals surface area (Å²) in [6.45, 7) is 1.38. The number of H-pyrrole nitrogens is 1. The lowest BCUT2D eigenvalue weighted by molar-refractivity contribution is 0.173. The van der Waals surface area contributed by atoms with Gasteiger partial charge in [0.25, 0.3) is 0 Å². The summed E-state index contributed by atoms with van der Waals surface area (Å²) in [7, 11) is 0. The maximum atomic E-state index is 14.1. The van der Waals surface area contributed by atoms with Crippen LogP contribution in [0.1, 0.15) is 11.1 Å². The molecule has 14 nitrogen and oxygen atoms in total. The van der Waals surface area contributed by atoms with E-state index in [4.69, 9.17) is 30.1 Å². The molecule has 0 spiro atoms. The number of fused-ring (bicyclic) bond motifs is 4. The average molecular weight is 977 g/mol. The highest BCUT2D eigenvalue weighted by Gasteiger charge is 2.22. The molecule has 0 fully saturated rings. The van der Waals surface area contributed by atoms with Gasteiger partial charge in [-0.2, -0.15) is 0 Å². The number of hydrogen-bond acceptors (Lipinski definition) is 13. The van der Waals surface area contributed by atoms with Gasteiger partial charge in [0.1, 0.15) is 23.5 Å². The highest BCUT2D eigenvalue weighted by atomic mass is 79.9. The Morgan fingerprint density at radius 2 is 1.32 bits per heavy atom. The average Bonchev–Trinajstić information content (AvgIpc) is 4.06. The first-order valence-corrected chi connectivity index (χ1v) is 21.4. The third kappa shape index (κ3) is 8.23. The Hall–Kier alpha value is -5.70. The van der Waals surface area contributed by atoms with Gasteiger partial charge in [0, 0.05) is 31.8 Å². The topological polar surface area (TPSA) is 177 Å². The largest absolute Gasteiger partial charge is 0.454 e. The molecular formula is C40H30Br2F2N10O4S2. The molecule has 8 aromatic rings. The van der Waals surface area contributed by atoms with Crippen LogP contribution in [-0.2, 0) is 25.9 Å². The van der Waals surface area contributed by atoms with E-state index in [1.54, 1.807) is 30.6 Å². The van der Waals surface area contributed by atoms with Gasteiger partial charge in [0.2, 0.25) is 13.6 Å². The number of nitrogens with two attached hydrogens (primary N) is 1. The molecule has 4 aromatic heterocycles. The van der Waals surface area contributed by atoms with E-state index in [2.05, 4.69) is 61.8 Å². The van der Waals surface area contributed by atoms with Crippen LogP contribution in [0.4, 0.5) is 14.6 Å². The van der Waals surface area contributed by atoms with Crippen LogP contribution in [0.15, 0.2) is 115 Å². The second-order valence-electron chi connectivity index (χ2n) is 13.2. The lowest BCUT2D eigenvalue weighted by Crippen LogP contribution is -2.13. The molecule has 4 aromatic carbocycles. The molecule has 0 saturated carbocycles. The SMILES string of the molecule is N=c1ncn(CCc2ccccc2F)c2nc(Sc3cc4c(cc3Br)OCO4)[nH]c12.Nc1ncnc2c1nc(Sc1cc3c(cc1Br)OCO3)n2CCc1ccccc1F. The van der Waals surface area contributed by atoms with Crippen LogP contribution in [-0.4, -0.2) is 52.6 Å². The molecule has 10 rings (SSSR count). The lowest BCUT2D eigenvalue weighted by atomic mass is 10.1. The first kappa shape index (κ1) is 39.7. The predicted molar refractivity (Wildman–Crippen MR) is 226 cm³/mol. The Morgan fingerprint density at radius 1 is 0.733 bits per heavy atom. The Morgan fingerprint density at radius 3 is 1.95 bits per heavy atom. The fraction of sp³-hybridized carbons (Fsp3) is 0.150. The number of benzene rings is 4. The zero-order valence-electron chi connectivity index (χ0n) is 31.0. The second kappa shape index (κ2) is 17.1. The van der Waals surface area contributed by atoms with Crippen molar-refractivity contribution in [3.05, 3.63) is 123 Å². The van der Waals surface area contributed by atoms with Crippen molar-refractivity contribution in [3.8, 4) is 23.0 Å². The van der Waals surface area contributed by atoms with Crippen molar-refractivity contribution in [2.75, 3.05) is 19.3 Å². The molecule has 304 valence electrons. The van der Waals surface area contributed by atoms with Gasteiger partial charge in [-0.3, -0.25) is 5.41 Å². The zero-order valence-corrected chi connectivity index (χ0v) is 35.8. The number of nitrogens with zero attached hydrogens (tertiary/aromatic N) is 7. The Kier molecular flexibility index (Phi) is 11.3. The summed E-state index contributed by atoms with van der Waals surface area (Å²) in [6.07, 6.45) is 3.95. The van der Waals surface area contributed by atoms with E-state index in [0.717, 1.165) is 18.7 Å². The summed E-state index contributed by atoms with van der Waals surface area (Å²) >= 11 is 9.97. The number of nitrogen functional groups attached to an aromatic ring is 1. The number of halogens is 4. The van der Waals surface area contributed by atoms with E-state index in [0.29, 0.717) is 98.5 Å². The molecule has 0 amide bonds. The highest BCUT2D eigenvalue weighted by Crippen LogP contribution is 2.44. The number of aromatic nitrogens is 8. The number of aromatic amines is 1. The second-order valence-corrected chi connectivity index (χ2v) is 16.9. The quantitative estimate of drug-likeness (QED) is 0.119. The molecule has 2 aliphatic rings. The fourth-order valence-electron chi connectivity index (χ4n) is 6.42. The molecule has 0 atom stereocenters. The van der Waals surface area contributed by atoms with Gasteiger partial charge in [-0.1, -0.05) is 59.9 Å². The lowest BCUT2D eigenvalue weighted by Gasteiger charge is -2.10. The van der Waals surface area contributed by atoms with Gasteiger partial charge in [0.15, 0.2) is 61.4 Å². The standard InChI is InChI=1S/2C20H15BrFN5O2S/c21-12-7-14-15(29-10-28-14)8-16(12)30-20-25-17-18(23)24-9-27(19(17)26-20)6-5-11-3-1-2-4-13(11)22;21-12-7-14-15(29-10-28-14)8-16(12)30-20-26-17-18(23)24-9-25-19(17)27(20)6-5-11-3-1-2-4-13(11)22/h1-4,7-9,23H,5-6,10H2,(H,25,26);1-4,7-9H,5-6,10H2,(H2,23,24,25). The number of aryl methyl sites for hydroxylation is 4. The van der Waals surface area contributed by atoms with E-state index >= 15 is 0 Å². The van der Waals surface area contributed by atoms with Crippen LogP contribution in [0, 0.1) is 17.0 Å². The third-order valence-corrected chi connectivity index (χ3v) is 13.3. The molecule has 2 aliphatic heterocycles. The number of imidazole rings is 2. The number of nitrogens with one attached hydrogen (secondary N) is 2.